The summed E-state index contributed by atoms with van der Waals surface area (Å²) in [7, 11) is 0. The smallest absolute Gasteiger partial charge is 0.191 e. The first kappa shape index (κ1) is 28.0. The lowest BCUT2D eigenvalue weighted by molar-refractivity contribution is 0.287. The zero-order chi connectivity index (χ0) is 22.6. The van der Waals surface area contributed by atoms with E-state index in [0.717, 1.165) is 54.9 Å². The average Bonchev–Trinajstić information content (AvgIpc) is 3.20. The molecule has 1 aromatic heterocycles. The van der Waals surface area contributed by atoms with Crippen molar-refractivity contribution in [1.29, 1.82) is 0 Å². The number of aliphatic imine (C=N–C) groups is 1. The topological polar surface area (TPSA) is 85.6 Å². The van der Waals surface area contributed by atoms with Gasteiger partial charge in [-0.25, -0.2) is 0 Å². The van der Waals surface area contributed by atoms with Crippen LogP contribution >= 0.6 is 24.0 Å². The average molecular weight is 559 g/mol. The van der Waals surface area contributed by atoms with Crippen LogP contribution in [0.2, 0.25) is 0 Å². The normalized spacial score (nSPS) is 12.3. The molecule has 180 valence electrons. The van der Waals surface area contributed by atoms with Crippen LogP contribution in [0.3, 0.4) is 0 Å². The molecule has 2 rings (SSSR count). The molecule has 0 saturated carbocycles. The van der Waals surface area contributed by atoms with Crippen molar-refractivity contribution < 1.29 is 9.47 Å². The van der Waals surface area contributed by atoms with Gasteiger partial charge in [-0.05, 0) is 44.4 Å². The maximum atomic E-state index is 5.78. The fraction of sp³-hybridized carbons (Fsp3) is 0.609. The number of aryl methyl sites for hydroxylation is 1. The molecule has 9 heteroatoms. The van der Waals surface area contributed by atoms with E-state index in [1.807, 2.05) is 26.0 Å². The number of rotatable bonds is 12. The number of ether oxygens (including phenoxy) is 2. The summed E-state index contributed by atoms with van der Waals surface area (Å²) < 4.78 is 13.5. The molecule has 1 unspecified atom stereocenters. The molecule has 2 N–H and O–H groups in total. The number of guanidine groups is 1. The Hall–Kier alpha value is -2.04. The number of aromatic nitrogens is 3. The second-order valence-electron chi connectivity index (χ2n) is 7.74. The van der Waals surface area contributed by atoms with Crippen LogP contribution in [0.4, 0.5) is 0 Å². The van der Waals surface area contributed by atoms with E-state index >= 15 is 0 Å². The molecule has 0 aliphatic carbocycles. The van der Waals surface area contributed by atoms with Gasteiger partial charge in [-0.3, -0.25) is 4.99 Å². The molecule has 1 aromatic carbocycles. The zero-order valence-electron chi connectivity index (χ0n) is 20.2. The highest BCUT2D eigenvalue weighted by atomic mass is 127. The van der Waals surface area contributed by atoms with Crippen molar-refractivity contribution in [3.63, 3.8) is 0 Å². The summed E-state index contributed by atoms with van der Waals surface area (Å²) >= 11 is 0. The van der Waals surface area contributed by atoms with Gasteiger partial charge in [0.15, 0.2) is 17.5 Å². The number of benzene rings is 1. The Balaban J connectivity index is 0.00000512. The van der Waals surface area contributed by atoms with Crippen LogP contribution in [0.15, 0.2) is 29.5 Å². The third kappa shape index (κ3) is 8.84. The summed E-state index contributed by atoms with van der Waals surface area (Å²) in [6.45, 7) is 15.9. The van der Waals surface area contributed by atoms with Crippen LogP contribution in [0.25, 0.3) is 0 Å². The Morgan fingerprint density at radius 3 is 2.47 bits per heavy atom. The molecular formula is C23H39IN6O2. The molecule has 1 atom stereocenters. The maximum Gasteiger partial charge on any atom is 0.191 e. The SMILES string of the molecule is CCOc1ccc(C(C)NC(=NCC(C)C)NCCn2cnnc2CC)cc1OCC.I. The van der Waals surface area contributed by atoms with E-state index in [1.54, 1.807) is 6.33 Å². The molecule has 0 fully saturated rings. The van der Waals surface area contributed by atoms with Crippen molar-refractivity contribution in [3.05, 3.63) is 35.9 Å². The van der Waals surface area contributed by atoms with E-state index in [-0.39, 0.29) is 30.0 Å². The number of nitrogens with zero attached hydrogens (tertiary/aromatic N) is 4. The molecule has 32 heavy (non-hydrogen) atoms. The van der Waals surface area contributed by atoms with Gasteiger partial charge < -0.3 is 24.7 Å². The highest BCUT2D eigenvalue weighted by molar-refractivity contribution is 14.0. The Morgan fingerprint density at radius 2 is 1.81 bits per heavy atom. The molecule has 8 nitrogen and oxygen atoms in total. The monoisotopic (exact) mass is 558 g/mol. The minimum Gasteiger partial charge on any atom is -0.490 e. The lowest BCUT2D eigenvalue weighted by atomic mass is 10.1. The largest absolute Gasteiger partial charge is 0.490 e. The second kappa shape index (κ2) is 14.9. The number of hydrogen-bond acceptors (Lipinski definition) is 5. The number of hydrogen-bond donors (Lipinski definition) is 2. The third-order valence-corrected chi connectivity index (χ3v) is 4.69. The van der Waals surface area contributed by atoms with Crippen molar-refractivity contribution in [3.8, 4) is 11.5 Å². The quantitative estimate of drug-likeness (QED) is 0.231. The predicted octanol–water partition coefficient (Wildman–Crippen LogP) is 4.21. The molecule has 0 aliphatic heterocycles. The third-order valence-electron chi connectivity index (χ3n) is 4.69. The van der Waals surface area contributed by atoms with E-state index in [9.17, 15) is 0 Å². The van der Waals surface area contributed by atoms with E-state index in [0.29, 0.717) is 19.1 Å². The van der Waals surface area contributed by atoms with Gasteiger partial charge in [0, 0.05) is 26.1 Å². The van der Waals surface area contributed by atoms with Gasteiger partial charge in [-0.15, -0.1) is 34.2 Å². The van der Waals surface area contributed by atoms with Crippen molar-refractivity contribution in [2.45, 2.75) is 60.5 Å². The molecule has 0 amide bonds. The first-order valence-electron chi connectivity index (χ1n) is 11.3. The van der Waals surface area contributed by atoms with Crippen LogP contribution in [-0.2, 0) is 13.0 Å². The van der Waals surface area contributed by atoms with Crippen LogP contribution in [0.1, 0.15) is 59.0 Å². The van der Waals surface area contributed by atoms with Crippen LogP contribution in [-0.4, -0.2) is 47.0 Å². The Morgan fingerprint density at radius 1 is 1.09 bits per heavy atom. The van der Waals surface area contributed by atoms with Crippen LogP contribution < -0.4 is 20.1 Å². The molecule has 0 aliphatic rings. The van der Waals surface area contributed by atoms with Crippen molar-refractivity contribution in [2.24, 2.45) is 10.9 Å². The Bertz CT molecular complexity index is 825. The number of halogens is 1. The summed E-state index contributed by atoms with van der Waals surface area (Å²) in [6, 6.07) is 6.13. The summed E-state index contributed by atoms with van der Waals surface area (Å²) in [6.07, 6.45) is 2.64. The number of nitrogens with one attached hydrogen (secondary N) is 2. The predicted molar refractivity (Wildman–Crippen MR) is 140 cm³/mol. The van der Waals surface area contributed by atoms with Gasteiger partial charge >= 0.3 is 0 Å². The van der Waals surface area contributed by atoms with E-state index in [4.69, 9.17) is 14.5 Å². The highest BCUT2D eigenvalue weighted by Crippen LogP contribution is 2.30. The molecule has 0 radical (unpaired) electrons. The molecule has 0 saturated heterocycles. The minimum absolute atomic E-state index is 0. The van der Waals surface area contributed by atoms with Gasteiger partial charge in [-0.2, -0.15) is 0 Å². The zero-order valence-corrected chi connectivity index (χ0v) is 22.6. The Kier molecular flexibility index (Phi) is 13.0. The van der Waals surface area contributed by atoms with Gasteiger partial charge in [0.1, 0.15) is 12.2 Å². The molecular weight excluding hydrogens is 519 g/mol. The Labute approximate surface area is 209 Å². The standard InChI is InChI=1S/C23H38N6O2.HI/c1-7-22-28-26-16-29(22)13-12-24-23(25-15-17(4)5)27-18(6)19-10-11-20(30-8-2)21(14-19)31-9-3;/h10-11,14,16-18H,7-9,12-13,15H2,1-6H3,(H2,24,25,27);1H. The van der Waals surface area contributed by atoms with Gasteiger partial charge in [0.25, 0.3) is 0 Å². The summed E-state index contributed by atoms with van der Waals surface area (Å²) in [4.78, 5) is 4.75. The van der Waals surface area contributed by atoms with Crippen molar-refractivity contribution in [2.75, 3.05) is 26.3 Å². The lowest BCUT2D eigenvalue weighted by Crippen LogP contribution is -2.40. The van der Waals surface area contributed by atoms with Crippen molar-refractivity contribution >= 4 is 29.9 Å². The van der Waals surface area contributed by atoms with E-state index in [2.05, 4.69) is 59.2 Å². The fourth-order valence-electron chi connectivity index (χ4n) is 3.09. The fourth-order valence-corrected chi connectivity index (χ4v) is 3.09. The second-order valence-corrected chi connectivity index (χ2v) is 7.74. The summed E-state index contributed by atoms with van der Waals surface area (Å²) in [5, 5.41) is 15.1. The first-order valence-corrected chi connectivity index (χ1v) is 11.3. The summed E-state index contributed by atoms with van der Waals surface area (Å²) in [5.41, 5.74) is 1.11. The van der Waals surface area contributed by atoms with E-state index < -0.39 is 0 Å². The lowest BCUT2D eigenvalue weighted by Gasteiger charge is -2.21. The molecule has 0 spiro atoms. The maximum absolute atomic E-state index is 5.78. The van der Waals surface area contributed by atoms with Gasteiger partial charge in [0.05, 0.1) is 19.3 Å². The minimum atomic E-state index is 0. The van der Waals surface area contributed by atoms with Crippen LogP contribution in [0.5, 0.6) is 11.5 Å². The van der Waals surface area contributed by atoms with Crippen LogP contribution in [0, 0.1) is 5.92 Å². The molecule has 2 aromatic rings. The summed E-state index contributed by atoms with van der Waals surface area (Å²) in [5.74, 6) is 3.80. The van der Waals surface area contributed by atoms with Gasteiger partial charge in [-0.1, -0.05) is 26.8 Å². The van der Waals surface area contributed by atoms with Gasteiger partial charge in [0.2, 0.25) is 0 Å². The first-order chi connectivity index (χ1) is 15.0. The van der Waals surface area contributed by atoms with E-state index in [1.165, 1.54) is 0 Å². The molecule has 1 heterocycles. The highest BCUT2D eigenvalue weighted by Gasteiger charge is 2.13. The van der Waals surface area contributed by atoms with Crippen molar-refractivity contribution in [1.82, 2.24) is 25.4 Å². The molecule has 0 bridgehead atoms.